The highest BCUT2D eigenvalue weighted by atomic mass is 19.3. The number of carbonyl (C=O) groups is 1. The van der Waals surface area contributed by atoms with Gasteiger partial charge in [0.25, 0.3) is 6.43 Å². The van der Waals surface area contributed by atoms with Crippen molar-refractivity contribution in [3.05, 3.63) is 29.8 Å². The Morgan fingerprint density at radius 2 is 1.74 bits per heavy atom. The average Bonchev–Trinajstić information content (AvgIpc) is 2.79. The van der Waals surface area contributed by atoms with Gasteiger partial charge in [-0.15, -0.1) is 0 Å². The molecule has 6 heteroatoms. The van der Waals surface area contributed by atoms with Crippen LogP contribution in [0, 0.1) is 23.2 Å². The molecule has 4 nitrogen and oxygen atoms in total. The van der Waals surface area contributed by atoms with Crippen LogP contribution in [0.1, 0.15) is 69.8 Å². The Bertz CT molecular complexity index is 733. The fourth-order valence-corrected chi connectivity index (χ4v) is 5.03. The van der Waals surface area contributed by atoms with E-state index in [1.165, 1.54) is 38.2 Å². The van der Waals surface area contributed by atoms with Crippen LogP contribution in [-0.2, 0) is 4.79 Å². The van der Waals surface area contributed by atoms with Gasteiger partial charge in [0, 0.05) is 43.9 Å². The summed E-state index contributed by atoms with van der Waals surface area (Å²) in [4.78, 5) is 16.2. The maximum atomic E-state index is 12.9. The van der Waals surface area contributed by atoms with Crippen molar-refractivity contribution in [3.63, 3.8) is 0 Å². The van der Waals surface area contributed by atoms with E-state index >= 15 is 0 Å². The maximum absolute atomic E-state index is 12.9. The lowest BCUT2D eigenvalue weighted by atomic mass is 9.78. The van der Waals surface area contributed by atoms with Crippen LogP contribution in [0.5, 0.6) is 0 Å². The van der Waals surface area contributed by atoms with Crippen LogP contribution in [0.4, 0.5) is 14.5 Å². The number of ketones is 1. The lowest BCUT2D eigenvalue weighted by molar-refractivity contribution is -0.118. The topological polar surface area (TPSA) is 47.3 Å². The molecule has 1 aliphatic carbocycles. The molecule has 1 aromatic rings. The fourth-order valence-electron chi connectivity index (χ4n) is 5.03. The van der Waals surface area contributed by atoms with Crippen molar-refractivity contribution < 1.29 is 13.6 Å². The molecular weight excluding hydrogens is 396 g/mol. The highest BCUT2D eigenvalue weighted by Gasteiger charge is 2.23. The number of benzene rings is 1. The maximum Gasteiger partial charge on any atom is 0.263 e. The van der Waals surface area contributed by atoms with Crippen molar-refractivity contribution in [1.29, 1.82) is 5.26 Å². The van der Waals surface area contributed by atoms with E-state index < -0.39 is 6.43 Å². The standard InChI is InChI=1S/C25H35F2N3O/c26-25(27)22-4-2-5-23(19-22)30-17-15-29(16-18-30)14-12-21-9-7-20(8-10-21)3-1-6-24(31)11-13-28/h2,4-5,19-21,25H,1,3,6-12,14-18H2. The Morgan fingerprint density at radius 1 is 1.06 bits per heavy atom. The SMILES string of the molecule is N#CCC(=O)CCCC1CCC(CCN2CCN(c3cccc(C(F)F)c3)CC2)CC1. The normalized spacial score (nSPS) is 22.5. The van der Waals surface area contributed by atoms with Gasteiger partial charge >= 0.3 is 0 Å². The minimum atomic E-state index is -2.41. The van der Waals surface area contributed by atoms with Gasteiger partial charge in [-0.2, -0.15) is 5.26 Å². The molecular formula is C25H35F2N3O. The number of Topliss-reactive ketones (excluding diaryl/α,β-unsaturated/α-hetero) is 1. The van der Waals surface area contributed by atoms with Gasteiger partial charge in [-0.1, -0.05) is 44.2 Å². The third kappa shape index (κ3) is 7.57. The molecule has 170 valence electrons. The Kier molecular flexibility index (Phi) is 9.27. The molecule has 31 heavy (non-hydrogen) atoms. The molecule has 2 fully saturated rings. The molecule has 3 rings (SSSR count). The molecule has 0 atom stereocenters. The monoisotopic (exact) mass is 431 g/mol. The van der Waals surface area contributed by atoms with Crippen molar-refractivity contribution >= 4 is 11.5 Å². The summed E-state index contributed by atoms with van der Waals surface area (Å²) in [6, 6.07) is 8.71. The Morgan fingerprint density at radius 3 is 2.39 bits per heavy atom. The summed E-state index contributed by atoms with van der Waals surface area (Å²) in [7, 11) is 0. The van der Waals surface area contributed by atoms with E-state index in [1.807, 2.05) is 12.1 Å². The lowest BCUT2D eigenvalue weighted by Crippen LogP contribution is -2.47. The van der Waals surface area contributed by atoms with E-state index in [2.05, 4.69) is 9.80 Å². The Hall–Kier alpha value is -2.00. The summed E-state index contributed by atoms with van der Waals surface area (Å²) < 4.78 is 25.9. The van der Waals surface area contributed by atoms with E-state index in [0.29, 0.717) is 6.42 Å². The van der Waals surface area contributed by atoms with Crippen LogP contribution in [-0.4, -0.2) is 43.4 Å². The zero-order chi connectivity index (χ0) is 22.1. The minimum Gasteiger partial charge on any atom is -0.369 e. The summed E-state index contributed by atoms with van der Waals surface area (Å²) in [5.41, 5.74) is 1.01. The summed E-state index contributed by atoms with van der Waals surface area (Å²) in [6.07, 6.45) is 6.62. The number of nitrogens with zero attached hydrogens (tertiary/aromatic N) is 3. The van der Waals surface area contributed by atoms with Gasteiger partial charge in [-0.25, -0.2) is 8.78 Å². The second kappa shape index (κ2) is 12.1. The van der Waals surface area contributed by atoms with E-state index in [4.69, 9.17) is 5.26 Å². The van der Waals surface area contributed by atoms with Crippen molar-refractivity contribution in [2.75, 3.05) is 37.6 Å². The second-order valence-corrected chi connectivity index (χ2v) is 9.17. The summed E-state index contributed by atoms with van der Waals surface area (Å²) in [5, 5.41) is 8.55. The van der Waals surface area contributed by atoms with E-state index in [9.17, 15) is 13.6 Å². The predicted molar refractivity (Wildman–Crippen MR) is 119 cm³/mol. The molecule has 1 aromatic carbocycles. The van der Waals surface area contributed by atoms with Crippen molar-refractivity contribution in [3.8, 4) is 6.07 Å². The van der Waals surface area contributed by atoms with Crippen LogP contribution in [0.2, 0.25) is 0 Å². The molecule has 0 N–H and O–H groups in total. The fraction of sp³-hybridized carbons (Fsp3) is 0.680. The molecule has 1 heterocycles. The second-order valence-electron chi connectivity index (χ2n) is 9.17. The van der Waals surface area contributed by atoms with Gasteiger partial charge in [0.2, 0.25) is 0 Å². The van der Waals surface area contributed by atoms with Crippen molar-refractivity contribution in [2.24, 2.45) is 11.8 Å². The molecule has 0 unspecified atom stereocenters. The molecule has 1 aliphatic heterocycles. The van der Waals surface area contributed by atoms with E-state index in [1.54, 1.807) is 12.1 Å². The first-order valence-corrected chi connectivity index (χ1v) is 11.8. The quantitative estimate of drug-likeness (QED) is 0.484. The number of carbonyl (C=O) groups excluding carboxylic acids is 1. The number of piperazine rings is 1. The first-order chi connectivity index (χ1) is 15.0. The largest absolute Gasteiger partial charge is 0.369 e. The molecule has 1 saturated carbocycles. The van der Waals surface area contributed by atoms with E-state index in [-0.39, 0.29) is 17.8 Å². The van der Waals surface area contributed by atoms with Gasteiger partial charge in [0.15, 0.2) is 0 Å². The highest BCUT2D eigenvalue weighted by molar-refractivity contribution is 5.80. The van der Waals surface area contributed by atoms with Gasteiger partial charge in [0.1, 0.15) is 5.78 Å². The average molecular weight is 432 g/mol. The third-order valence-electron chi connectivity index (χ3n) is 7.02. The minimum absolute atomic E-state index is 0.0586. The smallest absolute Gasteiger partial charge is 0.263 e. The first kappa shape index (κ1) is 23.7. The van der Waals surface area contributed by atoms with Crippen LogP contribution < -0.4 is 4.90 Å². The first-order valence-electron chi connectivity index (χ1n) is 11.8. The van der Waals surface area contributed by atoms with Gasteiger partial charge in [0.05, 0.1) is 12.5 Å². The van der Waals surface area contributed by atoms with Crippen molar-refractivity contribution in [1.82, 2.24) is 4.90 Å². The van der Waals surface area contributed by atoms with E-state index in [0.717, 1.165) is 63.1 Å². The zero-order valence-corrected chi connectivity index (χ0v) is 18.4. The molecule has 0 spiro atoms. The number of alkyl halides is 2. The molecule has 0 amide bonds. The Balaban J connectivity index is 1.30. The van der Waals surface area contributed by atoms with Crippen LogP contribution in [0.25, 0.3) is 0 Å². The van der Waals surface area contributed by atoms with Crippen LogP contribution >= 0.6 is 0 Å². The number of hydrogen-bond acceptors (Lipinski definition) is 4. The molecule has 0 bridgehead atoms. The predicted octanol–water partition coefficient (Wildman–Crippen LogP) is 5.60. The molecule has 0 radical (unpaired) electrons. The number of nitriles is 1. The summed E-state index contributed by atoms with van der Waals surface area (Å²) in [5.74, 6) is 1.63. The zero-order valence-electron chi connectivity index (χ0n) is 18.4. The summed E-state index contributed by atoms with van der Waals surface area (Å²) >= 11 is 0. The third-order valence-corrected chi connectivity index (χ3v) is 7.02. The number of hydrogen-bond donors (Lipinski definition) is 0. The highest BCUT2D eigenvalue weighted by Crippen LogP contribution is 2.34. The number of halogens is 2. The van der Waals surface area contributed by atoms with Crippen molar-refractivity contribution in [2.45, 2.75) is 64.2 Å². The Labute approximate surface area is 185 Å². The molecule has 0 aromatic heterocycles. The van der Waals surface area contributed by atoms with Gasteiger partial charge < -0.3 is 4.90 Å². The van der Waals surface area contributed by atoms with Crippen LogP contribution in [0.3, 0.4) is 0 Å². The van der Waals surface area contributed by atoms with Gasteiger partial charge in [-0.05, 0) is 43.4 Å². The summed E-state index contributed by atoms with van der Waals surface area (Å²) in [6.45, 7) is 4.90. The molecule has 2 aliphatic rings. The number of rotatable bonds is 10. The van der Waals surface area contributed by atoms with Gasteiger partial charge in [-0.3, -0.25) is 9.69 Å². The lowest BCUT2D eigenvalue weighted by Gasteiger charge is -2.37. The van der Waals surface area contributed by atoms with Crippen LogP contribution in [0.15, 0.2) is 24.3 Å². The number of anilines is 1. The molecule has 1 saturated heterocycles.